The van der Waals surface area contributed by atoms with Crippen LogP contribution in [0.5, 0.6) is 0 Å². The molecule has 2 aromatic rings. The van der Waals surface area contributed by atoms with E-state index in [1.165, 1.54) is 0 Å². The standard InChI is InChI=1S/C14H15Cl2N3O/c1-2-3-6-17-14(20)13-8-12(18-19-13)10-5-4-9(15)7-11(10)16/h4-5,7-8H,2-3,6H2,1H3,(H,17,20)(H,18,19). The summed E-state index contributed by atoms with van der Waals surface area (Å²) in [5, 5.41) is 10.7. The van der Waals surface area contributed by atoms with Crippen LogP contribution in [-0.4, -0.2) is 22.6 Å². The van der Waals surface area contributed by atoms with Crippen molar-refractivity contribution in [2.75, 3.05) is 6.54 Å². The van der Waals surface area contributed by atoms with Crippen molar-refractivity contribution >= 4 is 29.1 Å². The average Bonchev–Trinajstić information content (AvgIpc) is 2.88. The first-order chi connectivity index (χ1) is 9.61. The third-order valence-corrected chi connectivity index (χ3v) is 3.39. The second kappa shape index (κ2) is 6.77. The molecular weight excluding hydrogens is 297 g/mol. The summed E-state index contributed by atoms with van der Waals surface area (Å²) in [7, 11) is 0. The molecule has 0 radical (unpaired) electrons. The Morgan fingerprint density at radius 1 is 1.35 bits per heavy atom. The molecular formula is C14H15Cl2N3O. The Morgan fingerprint density at radius 2 is 2.15 bits per heavy atom. The minimum atomic E-state index is -0.165. The maximum Gasteiger partial charge on any atom is 0.269 e. The molecule has 0 unspecified atom stereocenters. The Labute approximate surface area is 127 Å². The van der Waals surface area contributed by atoms with Crippen LogP contribution in [0, 0.1) is 0 Å². The van der Waals surface area contributed by atoms with Gasteiger partial charge in [0.2, 0.25) is 0 Å². The van der Waals surface area contributed by atoms with Gasteiger partial charge >= 0.3 is 0 Å². The fourth-order valence-corrected chi connectivity index (χ4v) is 2.25. The average molecular weight is 312 g/mol. The zero-order valence-electron chi connectivity index (χ0n) is 11.0. The molecule has 0 aliphatic rings. The number of unbranched alkanes of at least 4 members (excludes halogenated alkanes) is 1. The largest absolute Gasteiger partial charge is 0.351 e. The van der Waals surface area contributed by atoms with Crippen LogP contribution >= 0.6 is 23.2 Å². The summed E-state index contributed by atoms with van der Waals surface area (Å²) in [5.41, 5.74) is 1.77. The molecule has 4 nitrogen and oxygen atoms in total. The second-order valence-electron chi connectivity index (χ2n) is 4.40. The Kier molecular flexibility index (Phi) is 5.04. The highest BCUT2D eigenvalue weighted by Crippen LogP contribution is 2.29. The van der Waals surface area contributed by atoms with E-state index in [9.17, 15) is 4.79 Å². The number of amides is 1. The summed E-state index contributed by atoms with van der Waals surface area (Å²) in [6, 6.07) is 6.84. The van der Waals surface area contributed by atoms with Crippen LogP contribution in [0.3, 0.4) is 0 Å². The van der Waals surface area contributed by atoms with Crippen molar-refractivity contribution in [2.24, 2.45) is 0 Å². The molecule has 20 heavy (non-hydrogen) atoms. The van der Waals surface area contributed by atoms with E-state index in [0.717, 1.165) is 18.4 Å². The van der Waals surface area contributed by atoms with Crippen molar-refractivity contribution in [3.63, 3.8) is 0 Å². The summed E-state index contributed by atoms with van der Waals surface area (Å²) in [4.78, 5) is 11.9. The van der Waals surface area contributed by atoms with E-state index in [-0.39, 0.29) is 5.91 Å². The first-order valence-corrected chi connectivity index (χ1v) is 7.16. The Balaban J connectivity index is 2.14. The van der Waals surface area contributed by atoms with Crippen LogP contribution in [0.2, 0.25) is 10.0 Å². The Morgan fingerprint density at radius 3 is 2.85 bits per heavy atom. The van der Waals surface area contributed by atoms with E-state index in [2.05, 4.69) is 22.4 Å². The maximum absolute atomic E-state index is 11.9. The molecule has 106 valence electrons. The number of rotatable bonds is 5. The van der Waals surface area contributed by atoms with Gasteiger partial charge < -0.3 is 5.32 Å². The Hall–Kier alpha value is -1.52. The van der Waals surface area contributed by atoms with Crippen molar-refractivity contribution in [3.8, 4) is 11.3 Å². The van der Waals surface area contributed by atoms with Crippen molar-refractivity contribution < 1.29 is 4.79 Å². The molecule has 0 saturated heterocycles. The van der Waals surface area contributed by atoms with Crippen LogP contribution in [0.15, 0.2) is 24.3 Å². The molecule has 0 spiro atoms. The molecule has 1 amide bonds. The first kappa shape index (κ1) is 14.9. The maximum atomic E-state index is 11.9. The Bertz CT molecular complexity index is 610. The number of aromatic amines is 1. The van der Waals surface area contributed by atoms with Crippen LogP contribution in [0.1, 0.15) is 30.3 Å². The number of carbonyl (C=O) groups is 1. The summed E-state index contributed by atoms with van der Waals surface area (Å²) in [6.45, 7) is 2.73. The van der Waals surface area contributed by atoms with Gasteiger partial charge in [-0.15, -0.1) is 0 Å². The topological polar surface area (TPSA) is 57.8 Å². The number of aromatic nitrogens is 2. The number of carbonyl (C=O) groups excluding carboxylic acids is 1. The molecule has 0 aliphatic heterocycles. The SMILES string of the molecule is CCCCNC(=O)c1cc(-c2ccc(Cl)cc2Cl)n[nH]1. The van der Waals surface area contributed by atoms with Gasteiger partial charge in [0, 0.05) is 17.1 Å². The lowest BCUT2D eigenvalue weighted by Gasteiger charge is -2.01. The van der Waals surface area contributed by atoms with Crippen LogP contribution < -0.4 is 5.32 Å². The van der Waals surface area contributed by atoms with Gasteiger partial charge in [0.05, 0.1) is 10.7 Å². The lowest BCUT2D eigenvalue weighted by atomic mass is 10.1. The predicted octanol–water partition coefficient (Wildman–Crippen LogP) is 3.91. The molecule has 0 saturated carbocycles. The fraction of sp³-hybridized carbons (Fsp3) is 0.286. The van der Waals surface area contributed by atoms with Gasteiger partial charge in [-0.05, 0) is 30.7 Å². The van der Waals surface area contributed by atoms with Gasteiger partial charge in [-0.2, -0.15) is 5.10 Å². The van der Waals surface area contributed by atoms with Crippen LogP contribution in [0.4, 0.5) is 0 Å². The second-order valence-corrected chi connectivity index (χ2v) is 5.24. The molecule has 0 aliphatic carbocycles. The van der Waals surface area contributed by atoms with Gasteiger partial charge in [-0.25, -0.2) is 0 Å². The van der Waals surface area contributed by atoms with Gasteiger partial charge in [0.1, 0.15) is 5.69 Å². The van der Waals surface area contributed by atoms with Crippen LogP contribution in [0.25, 0.3) is 11.3 Å². The number of H-pyrrole nitrogens is 1. The van der Waals surface area contributed by atoms with E-state index < -0.39 is 0 Å². The minimum Gasteiger partial charge on any atom is -0.351 e. The molecule has 2 N–H and O–H groups in total. The molecule has 1 aromatic carbocycles. The molecule has 2 rings (SSSR count). The molecule has 1 aromatic heterocycles. The third-order valence-electron chi connectivity index (χ3n) is 2.85. The lowest BCUT2D eigenvalue weighted by Crippen LogP contribution is -2.24. The van der Waals surface area contributed by atoms with E-state index in [1.807, 2.05) is 0 Å². The molecule has 1 heterocycles. The summed E-state index contributed by atoms with van der Waals surface area (Å²) < 4.78 is 0. The molecule has 6 heteroatoms. The number of benzene rings is 1. The minimum absolute atomic E-state index is 0.165. The smallest absolute Gasteiger partial charge is 0.269 e. The first-order valence-electron chi connectivity index (χ1n) is 6.41. The van der Waals surface area contributed by atoms with Crippen molar-refractivity contribution in [1.29, 1.82) is 0 Å². The lowest BCUT2D eigenvalue weighted by molar-refractivity contribution is 0.0948. The van der Waals surface area contributed by atoms with Crippen LogP contribution in [-0.2, 0) is 0 Å². The summed E-state index contributed by atoms with van der Waals surface area (Å²) in [6.07, 6.45) is 1.99. The number of nitrogens with one attached hydrogen (secondary N) is 2. The molecule has 0 atom stereocenters. The van der Waals surface area contributed by atoms with Gasteiger partial charge in [-0.1, -0.05) is 36.5 Å². The fourth-order valence-electron chi connectivity index (χ4n) is 1.75. The summed E-state index contributed by atoms with van der Waals surface area (Å²) in [5.74, 6) is -0.165. The van der Waals surface area contributed by atoms with Crippen molar-refractivity contribution in [2.45, 2.75) is 19.8 Å². The highest BCUT2D eigenvalue weighted by molar-refractivity contribution is 6.36. The van der Waals surface area contributed by atoms with Crippen molar-refractivity contribution in [1.82, 2.24) is 15.5 Å². The molecule has 0 bridgehead atoms. The zero-order chi connectivity index (χ0) is 14.5. The number of halogens is 2. The highest BCUT2D eigenvalue weighted by atomic mass is 35.5. The van der Waals surface area contributed by atoms with E-state index >= 15 is 0 Å². The number of hydrogen-bond acceptors (Lipinski definition) is 2. The quantitative estimate of drug-likeness (QED) is 0.822. The van der Waals surface area contributed by atoms with Gasteiger partial charge in [0.15, 0.2) is 0 Å². The number of nitrogens with zero attached hydrogens (tertiary/aromatic N) is 1. The van der Waals surface area contributed by atoms with E-state index in [4.69, 9.17) is 23.2 Å². The summed E-state index contributed by atoms with van der Waals surface area (Å²) >= 11 is 12.0. The van der Waals surface area contributed by atoms with Gasteiger partial charge in [0.25, 0.3) is 5.91 Å². The third kappa shape index (κ3) is 3.52. The molecule has 0 fully saturated rings. The predicted molar refractivity (Wildman–Crippen MR) is 81.3 cm³/mol. The highest BCUT2D eigenvalue weighted by Gasteiger charge is 2.12. The monoisotopic (exact) mass is 311 g/mol. The van der Waals surface area contributed by atoms with Gasteiger partial charge in [-0.3, -0.25) is 9.89 Å². The number of hydrogen-bond donors (Lipinski definition) is 2. The normalized spacial score (nSPS) is 10.6. The van der Waals surface area contributed by atoms with E-state index in [1.54, 1.807) is 24.3 Å². The zero-order valence-corrected chi connectivity index (χ0v) is 12.6. The van der Waals surface area contributed by atoms with Crippen molar-refractivity contribution in [3.05, 3.63) is 40.0 Å². The van der Waals surface area contributed by atoms with E-state index in [0.29, 0.717) is 28.0 Å².